The van der Waals surface area contributed by atoms with E-state index < -0.39 is 0 Å². The van der Waals surface area contributed by atoms with E-state index in [0.29, 0.717) is 12.0 Å². The Labute approximate surface area is 135 Å². The number of rotatable bonds is 5. The van der Waals surface area contributed by atoms with Gasteiger partial charge in [0.1, 0.15) is 6.04 Å². The van der Waals surface area contributed by atoms with E-state index in [1.54, 1.807) is 17.1 Å². The monoisotopic (exact) mass is 311 g/mol. The summed E-state index contributed by atoms with van der Waals surface area (Å²) in [5.41, 5.74) is 0.715. The summed E-state index contributed by atoms with van der Waals surface area (Å²) in [6.45, 7) is 2.57. The maximum atomic E-state index is 12.7. The minimum atomic E-state index is -0.336. The van der Waals surface area contributed by atoms with Crippen molar-refractivity contribution in [1.82, 2.24) is 14.7 Å². The molecule has 0 unspecified atom stereocenters. The number of Topliss-reactive ketones (excluding diaryl/α,β-unsaturated/α-hetero) is 1. The lowest BCUT2D eigenvalue weighted by Crippen LogP contribution is -2.40. The van der Waals surface area contributed by atoms with Gasteiger partial charge in [0, 0.05) is 37.0 Å². The van der Waals surface area contributed by atoms with E-state index in [0.717, 1.165) is 19.4 Å². The number of hydrogen-bond acceptors (Lipinski definition) is 3. The molecule has 1 aliphatic rings. The molecule has 0 saturated carbocycles. The summed E-state index contributed by atoms with van der Waals surface area (Å²) in [7, 11) is 0. The first kappa shape index (κ1) is 15.5. The molecule has 1 aromatic carbocycles. The summed E-state index contributed by atoms with van der Waals surface area (Å²) in [6.07, 6.45) is 5.69. The zero-order valence-corrected chi connectivity index (χ0v) is 13.3. The topological polar surface area (TPSA) is 55.2 Å². The second kappa shape index (κ2) is 6.77. The summed E-state index contributed by atoms with van der Waals surface area (Å²) in [4.78, 5) is 27.0. The Morgan fingerprint density at radius 2 is 2.04 bits per heavy atom. The zero-order chi connectivity index (χ0) is 16.2. The van der Waals surface area contributed by atoms with E-state index in [1.165, 1.54) is 0 Å². The van der Waals surface area contributed by atoms with Gasteiger partial charge in [0.05, 0.1) is 0 Å². The standard InChI is InChI=1S/C18H21N3O2/c1-14(21-12-6-10-19-21)18(23)20-11-5-9-16(20)13-17(22)15-7-3-2-4-8-15/h2-4,6-8,10,12,14,16H,5,9,11,13H2,1H3/t14-,16-/m0/s1. The average Bonchev–Trinajstić information content (AvgIpc) is 3.26. The van der Waals surface area contributed by atoms with Crippen molar-refractivity contribution in [3.05, 3.63) is 54.4 Å². The highest BCUT2D eigenvalue weighted by atomic mass is 16.2. The number of benzene rings is 1. The van der Waals surface area contributed by atoms with Crippen molar-refractivity contribution in [3.63, 3.8) is 0 Å². The average molecular weight is 311 g/mol. The summed E-state index contributed by atoms with van der Waals surface area (Å²) in [5, 5.41) is 4.14. The molecule has 23 heavy (non-hydrogen) atoms. The Hall–Kier alpha value is -2.43. The van der Waals surface area contributed by atoms with Crippen molar-refractivity contribution in [2.45, 2.75) is 38.3 Å². The van der Waals surface area contributed by atoms with E-state index in [4.69, 9.17) is 0 Å². The molecule has 1 aliphatic heterocycles. The Kier molecular flexibility index (Phi) is 4.55. The number of likely N-dealkylation sites (tertiary alicyclic amines) is 1. The van der Waals surface area contributed by atoms with Gasteiger partial charge in [0.2, 0.25) is 5.91 Å². The minimum absolute atomic E-state index is 0.00628. The summed E-state index contributed by atoms with van der Waals surface area (Å²) >= 11 is 0. The molecular formula is C18H21N3O2. The van der Waals surface area contributed by atoms with Gasteiger partial charge in [-0.25, -0.2) is 0 Å². The van der Waals surface area contributed by atoms with E-state index in [9.17, 15) is 9.59 Å². The Morgan fingerprint density at radius 3 is 2.74 bits per heavy atom. The van der Waals surface area contributed by atoms with Crippen LogP contribution in [0.5, 0.6) is 0 Å². The van der Waals surface area contributed by atoms with Gasteiger partial charge in [-0.05, 0) is 25.8 Å². The van der Waals surface area contributed by atoms with Crippen molar-refractivity contribution in [2.75, 3.05) is 6.54 Å². The highest BCUT2D eigenvalue weighted by Crippen LogP contribution is 2.25. The molecular weight excluding hydrogens is 290 g/mol. The van der Waals surface area contributed by atoms with Gasteiger partial charge in [-0.15, -0.1) is 0 Å². The van der Waals surface area contributed by atoms with Gasteiger partial charge in [-0.3, -0.25) is 14.3 Å². The van der Waals surface area contributed by atoms with E-state index in [-0.39, 0.29) is 23.8 Å². The normalized spacial score (nSPS) is 18.8. The molecule has 0 aliphatic carbocycles. The Morgan fingerprint density at radius 1 is 1.26 bits per heavy atom. The lowest BCUT2D eigenvalue weighted by atomic mass is 10.0. The van der Waals surface area contributed by atoms with Crippen LogP contribution in [-0.2, 0) is 4.79 Å². The lowest BCUT2D eigenvalue weighted by molar-refractivity contribution is -0.135. The van der Waals surface area contributed by atoms with Gasteiger partial charge in [0.25, 0.3) is 0 Å². The molecule has 0 spiro atoms. The van der Waals surface area contributed by atoms with Crippen LogP contribution in [0.1, 0.15) is 42.6 Å². The Bertz CT molecular complexity index is 667. The van der Waals surface area contributed by atoms with Crippen LogP contribution in [0.4, 0.5) is 0 Å². The maximum absolute atomic E-state index is 12.7. The van der Waals surface area contributed by atoms with Crippen LogP contribution in [0.15, 0.2) is 48.8 Å². The number of nitrogens with zero attached hydrogens (tertiary/aromatic N) is 3. The summed E-state index contributed by atoms with van der Waals surface area (Å²) in [5.74, 6) is 0.138. The highest BCUT2D eigenvalue weighted by molar-refractivity contribution is 5.96. The zero-order valence-electron chi connectivity index (χ0n) is 13.3. The first-order chi connectivity index (χ1) is 11.2. The molecule has 0 N–H and O–H groups in total. The van der Waals surface area contributed by atoms with Crippen LogP contribution >= 0.6 is 0 Å². The predicted octanol–water partition coefficient (Wildman–Crippen LogP) is 2.71. The first-order valence-electron chi connectivity index (χ1n) is 8.04. The van der Waals surface area contributed by atoms with Gasteiger partial charge < -0.3 is 4.90 Å². The van der Waals surface area contributed by atoms with E-state index in [1.807, 2.05) is 48.2 Å². The van der Waals surface area contributed by atoms with Gasteiger partial charge in [-0.1, -0.05) is 30.3 Å². The van der Waals surface area contributed by atoms with Crippen LogP contribution in [-0.4, -0.2) is 39.0 Å². The molecule has 120 valence electrons. The molecule has 3 rings (SSSR count). The maximum Gasteiger partial charge on any atom is 0.247 e. The fourth-order valence-corrected chi connectivity index (χ4v) is 3.16. The Balaban J connectivity index is 1.68. The molecule has 0 bridgehead atoms. The van der Waals surface area contributed by atoms with Crippen LogP contribution < -0.4 is 0 Å². The molecule has 1 amide bonds. The van der Waals surface area contributed by atoms with E-state index in [2.05, 4.69) is 5.10 Å². The van der Waals surface area contributed by atoms with Crippen molar-refractivity contribution in [3.8, 4) is 0 Å². The summed E-state index contributed by atoms with van der Waals surface area (Å²) < 4.78 is 1.66. The molecule has 5 nitrogen and oxygen atoms in total. The molecule has 1 aromatic heterocycles. The molecule has 1 saturated heterocycles. The minimum Gasteiger partial charge on any atom is -0.337 e. The third-order valence-corrected chi connectivity index (χ3v) is 4.46. The van der Waals surface area contributed by atoms with Crippen molar-refractivity contribution in [1.29, 1.82) is 0 Å². The second-order valence-corrected chi connectivity index (χ2v) is 5.98. The number of carbonyl (C=O) groups is 2. The molecule has 0 radical (unpaired) electrons. The number of carbonyl (C=O) groups excluding carboxylic acids is 2. The van der Waals surface area contributed by atoms with Crippen LogP contribution in [0.2, 0.25) is 0 Å². The van der Waals surface area contributed by atoms with Crippen LogP contribution in [0.3, 0.4) is 0 Å². The molecule has 5 heteroatoms. The lowest BCUT2D eigenvalue weighted by Gasteiger charge is -2.27. The molecule has 2 aromatic rings. The van der Waals surface area contributed by atoms with Crippen molar-refractivity contribution >= 4 is 11.7 Å². The SMILES string of the molecule is C[C@@H](C(=O)N1CCC[C@H]1CC(=O)c1ccccc1)n1cccn1. The van der Waals surface area contributed by atoms with E-state index >= 15 is 0 Å². The largest absolute Gasteiger partial charge is 0.337 e. The first-order valence-corrected chi connectivity index (χ1v) is 8.04. The smallest absolute Gasteiger partial charge is 0.247 e. The third kappa shape index (κ3) is 3.33. The number of amides is 1. The van der Waals surface area contributed by atoms with Crippen molar-refractivity contribution in [2.24, 2.45) is 0 Å². The van der Waals surface area contributed by atoms with Gasteiger partial charge in [0.15, 0.2) is 5.78 Å². The van der Waals surface area contributed by atoms with Gasteiger partial charge in [-0.2, -0.15) is 5.10 Å². The number of hydrogen-bond donors (Lipinski definition) is 0. The number of aromatic nitrogens is 2. The third-order valence-electron chi connectivity index (χ3n) is 4.46. The van der Waals surface area contributed by atoms with Crippen molar-refractivity contribution < 1.29 is 9.59 Å². The molecule has 2 heterocycles. The molecule has 2 atom stereocenters. The van der Waals surface area contributed by atoms with Crippen LogP contribution in [0, 0.1) is 0 Å². The number of ketones is 1. The predicted molar refractivity (Wildman–Crippen MR) is 87.1 cm³/mol. The van der Waals surface area contributed by atoms with Crippen LogP contribution in [0.25, 0.3) is 0 Å². The van der Waals surface area contributed by atoms with Gasteiger partial charge >= 0.3 is 0 Å². The second-order valence-electron chi connectivity index (χ2n) is 5.98. The molecule has 1 fully saturated rings. The fraction of sp³-hybridized carbons (Fsp3) is 0.389. The summed E-state index contributed by atoms with van der Waals surface area (Å²) in [6, 6.07) is 10.8. The quantitative estimate of drug-likeness (QED) is 0.798. The fourth-order valence-electron chi connectivity index (χ4n) is 3.16. The highest BCUT2D eigenvalue weighted by Gasteiger charge is 2.33.